The van der Waals surface area contributed by atoms with Gasteiger partial charge in [-0.05, 0) is 49.2 Å². The molecule has 0 saturated carbocycles. The minimum absolute atomic E-state index is 0.0466. The normalized spacial score (nSPS) is 25.7. The predicted octanol–water partition coefficient (Wildman–Crippen LogP) is 5.38. The quantitative estimate of drug-likeness (QED) is 0.636. The number of nitriles is 1. The van der Waals surface area contributed by atoms with Crippen molar-refractivity contribution in [2.75, 3.05) is 0 Å². The summed E-state index contributed by atoms with van der Waals surface area (Å²) in [6.45, 7) is 2.68. The second-order valence-corrected chi connectivity index (χ2v) is 8.00. The van der Waals surface area contributed by atoms with Crippen LogP contribution in [0, 0.1) is 34.3 Å². The van der Waals surface area contributed by atoms with Crippen LogP contribution in [0.2, 0.25) is 0 Å². The van der Waals surface area contributed by atoms with E-state index in [2.05, 4.69) is 4.99 Å². The summed E-state index contributed by atoms with van der Waals surface area (Å²) in [5.74, 6) is -5.93. The van der Waals surface area contributed by atoms with Crippen LogP contribution in [0.4, 0.5) is 22.0 Å². The fourth-order valence-electron chi connectivity index (χ4n) is 4.28. The Labute approximate surface area is 181 Å². The van der Waals surface area contributed by atoms with Gasteiger partial charge in [-0.25, -0.2) is 8.78 Å². The monoisotopic (exact) mass is 450 g/mol. The van der Waals surface area contributed by atoms with Gasteiger partial charge in [-0.1, -0.05) is 18.2 Å². The molecule has 0 aromatic heterocycles. The van der Waals surface area contributed by atoms with Crippen molar-refractivity contribution in [3.8, 4) is 6.07 Å². The summed E-state index contributed by atoms with van der Waals surface area (Å²) >= 11 is 0. The molecule has 0 saturated heterocycles. The topological polar surface area (TPSA) is 73.5 Å². The van der Waals surface area contributed by atoms with E-state index in [1.807, 2.05) is 6.07 Å². The Hall–Kier alpha value is -3.28. The van der Waals surface area contributed by atoms with Gasteiger partial charge in [0, 0.05) is 18.1 Å². The van der Waals surface area contributed by atoms with Crippen molar-refractivity contribution < 1.29 is 31.9 Å². The molecule has 2 aromatic rings. The molecule has 1 heterocycles. The van der Waals surface area contributed by atoms with E-state index in [9.17, 15) is 37.1 Å². The third kappa shape index (κ3) is 4.09. The zero-order valence-corrected chi connectivity index (χ0v) is 17.1. The number of rotatable bonds is 4. The molecule has 4 nitrogen and oxygen atoms in total. The Kier molecular flexibility index (Phi) is 6.09. The van der Waals surface area contributed by atoms with Crippen LogP contribution in [0.5, 0.6) is 0 Å². The van der Waals surface area contributed by atoms with Crippen LogP contribution in [-0.2, 0) is 17.4 Å². The molecule has 0 amide bonds. The van der Waals surface area contributed by atoms with Crippen molar-refractivity contribution in [2.45, 2.75) is 38.4 Å². The molecule has 1 aliphatic rings. The van der Waals surface area contributed by atoms with E-state index in [1.54, 1.807) is 6.07 Å². The molecule has 4 atom stereocenters. The van der Waals surface area contributed by atoms with Gasteiger partial charge in [-0.15, -0.1) is 0 Å². The molecular formula is C23H19F5N2O2. The van der Waals surface area contributed by atoms with Crippen molar-refractivity contribution in [1.29, 1.82) is 5.26 Å². The van der Waals surface area contributed by atoms with Crippen LogP contribution in [0.25, 0.3) is 0 Å². The predicted molar refractivity (Wildman–Crippen MR) is 106 cm³/mol. The van der Waals surface area contributed by atoms with E-state index in [-0.39, 0.29) is 12.1 Å². The van der Waals surface area contributed by atoms with E-state index in [4.69, 9.17) is 0 Å². The lowest BCUT2D eigenvalue weighted by molar-refractivity contribution is -0.152. The number of halogens is 5. The summed E-state index contributed by atoms with van der Waals surface area (Å²) in [6.07, 6.45) is -5.02. The van der Waals surface area contributed by atoms with Gasteiger partial charge < -0.3 is 5.11 Å². The number of alkyl halides is 3. The summed E-state index contributed by atoms with van der Waals surface area (Å²) < 4.78 is 68.7. The molecule has 32 heavy (non-hydrogen) atoms. The van der Waals surface area contributed by atoms with Gasteiger partial charge in [-0.3, -0.25) is 9.79 Å². The van der Waals surface area contributed by atoms with E-state index in [0.29, 0.717) is 11.6 Å². The number of carboxylic acid groups (broad SMARTS) is 1. The molecular weight excluding hydrogens is 431 g/mol. The van der Waals surface area contributed by atoms with Gasteiger partial charge in [0.15, 0.2) is 0 Å². The van der Waals surface area contributed by atoms with Crippen molar-refractivity contribution in [1.82, 2.24) is 0 Å². The first-order valence-electron chi connectivity index (χ1n) is 9.70. The highest BCUT2D eigenvalue weighted by molar-refractivity contribution is 5.95. The summed E-state index contributed by atoms with van der Waals surface area (Å²) in [6, 6.07) is 8.34. The first-order chi connectivity index (χ1) is 14.9. The highest BCUT2D eigenvalue weighted by Crippen LogP contribution is 2.51. The molecule has 9 heteroatoms. The number of benzene rings is 2. The Bertz CT molecular complexity index is 1120. The largest absolute Gasteiger partial charge is 0.481 e. The smallest absolute Gasteiger partial charge is 0.416 e. The van der Waals surface area contributed by atoms with Crippen molar-refractivity contribution in [2.24, 2.45) is 16.3 Å². The van der Waals surface area contributed by atoms with E-state index < -0.39 is 58.2 Å². The summed E-state index contributed by atoms with van der Waals surface area (Å²) in [4.78, 5) is 16.6. The lowest BCUT2D eigenvalue weighted by Crippen LogP contribution is -2.51. The highest BCUT2D eigenvalue weighted by atomic mass is 19.4. The van der Waals surface area contributed by atoms with Crippen molar-refractivity contribution >= 4 is 11.7 Å². The highest BCUT2D eigenvalue weighted by Gasteiger charge is 2.56. The Morgan fingerprint density at radius 1 is 1.19 bits per heavy atom. The lowest BCUT2D eigenvalue weighted by Gasteiger charge is -2.44. The molecule has 3 rings (SSSR count). The zero-order chi connectivity index (χ0) is 23.8. The van der Waals surface area contributed by atoms with Crippen molar-refractivity contribution in [3.63, 3.8) is 0 Å². The van der Waals surface area contributed by atoms with Gasteiger partial charge in [-0.2, -0.15) is 18.4 Å². The molecule has 0 fully saturated rings. The number of carbonyl (C=O) groups is 1. The van der Waals surface area contributed by atoms with Gasteiger partial charge in [0.25, 0.3) is 0 Å². The minimum atomic E-state index is -4.97. The molecule has 4 unspecified atom stereocenters. The number of aliphatic imine (C=N–C) groups is 1. The number of aliphatic carboxylic acids is 1. The van der Waals surface area contributed by atoms with Gasteiger partial charge in [0.2, 0.25) is 0 Å². The first-order valence-corrected chi connectivity index (χ1v) is 9.70. The molecule has 0 aliphatic carbocycles. The van der Waals surface area contributed by atoms with Crippen LogP contribution in [0.3, 0.4) is 0 Å². The lowest BCUT2D eigenvalue weighted by atomic mass is 9.60. The maximum Gasteiger partial charge on any atom is 0.416 e. The average Bonchev–Trinajstić information content (AvgIpc) is 2.70. The second kappa shape index (κ2) is 8.34. The maximum atomic E-state index is 13.8. The summed E-state index contributed by atoms with van der Waals surface area (Å²) in [7, 11) is 0. The molecule has 1 aliphatic heterocycles. The molecule has 0 spiro atoms. The third-order valence-electron chi connectivity index (χ3n) is 6.10. The van der Waals surface area contributed by atoms with E-state index in [0.717, 1.165) is 12.1 Å². The SMILES string of the molecule is CC1N=C(Cc2cccc(F)c2)C(C#N)C(c2ccc(F)cc2C(F)(F)F)C1(C)C(=O)O. The van der Waals surface area contributed by atoms with E-state index in [1.165, 1.54) is 32.0 Å². The van der Waals surface area contributed by atoms with Crippen LogP contribution >= 0.6 is 0 Å². The van der Waals surface area contributed by atoms with Gasteiger partial charge >= 0.3 is 12.1 Å². The van der Waals surface area contributed by atoms with Gasteiger partial charge in [0.05, 0.1) is 29.0 Å². The second-order valence-electron chi connectivity index (χ2n) is 8.00. The maximum absolute atomic E-state index is 13.8. The molecule has 0 bridgehead atoms. The Balaban J connectivity index is 2.24. The van der Waals surface area contributed by atoms with Gasteiger partial charge in [0.1, 0.15) is 11.6 Å². The van der Waals surface area contributed by atoms with Crippen LogP contribution in [0.1, 0.15) is 36.5 Å². The number of nitrogens with zero attached hydrogens (tertiary/aromatic N) is 2. The molecule has 2 aromatic carbocycles. The molecule has 0 radical (unpaired) electrons. The summed E-state index contributed by atoms with van der Waals surface area (Å²) in [5, 5.41) is 19.9. The van der Waals surface area contributed by atoms with Crippen LogP contribution in [-0.4, -0.2) is 22.8 Å². The summed E-state index contributed by atoms with van der Waals surface area (Å²) in [5.41, 5.74) is -3.14. The number of carboxylic acids is 1. The van der Waals surface area contributed by atoms with Crippen LogP contribution in [0.15, 0.2) is 47.5 Å². The standard InChI is InChI=1S/C23H19F5N2O2/c1-12-22(2,21(31)32)20(16-7-6-15(25)10-18(16)23(26,27)28)17(11-29)19(30-12)9-13-4-3-5-14(24)8-13/h3-8,10,12,17,20H,9H2,1-2H3,(H,31,32). The Morgan fingerprint density at radius 2 is 1.84 bits per heavy atom. The van der Waals surface area contributed by atoms with E-state index >= 15 is 0 Å². The number of hydrogen-bond donors (Lipinski definition) is 1. The molecule has 168 valence electrons. The minimum Gasteiger partial charge on any atom is -0.481 e. The first kappa shape index (κ1) is 23.4. The Morgan fingerprint density at radius 3 is 2.41 bits per heavy atom. The third-order valence-corrected chi connectivity index (χ3v) is 6.10. The van der Waals surface area contributed by atoms with Crippen LogP contribution < -0.4 is 0 Å². The fraction of sp³-hybridized carbons (Fsp3) is 0.348. The average molecular weight is 450 g/mol. The fourth-order valence-corrected chi connectivity index (χ4v) is 4.28. The molecule has 1 N–H and O–H groups in total. The zero-order valence-electron chi connectivity index (χ0n) is 17.1. The number of hydrogen-bond acceptors (Lipinski definition) is 3. The van der Waals surface area contributed by atoms with Crippen molar-refractivity contribution in [3.05, 3.63) is 70.8 Å².